The molecule has 21 rings (SSSR count). The molecular weight excluding hydrogens is 1120 g/mol. The molecular formula is C44H75NO34S. The van der Waals surface area contributed by atoms with Crippen LogP contribution in [0.5, 0.6) is 0 Å². The number of ether oxygens (including phenoxy) is 14. The van der Waals surface area contributed by atoms with Crippen LogP contribution in [0.25, 0.3) is 0 Å². The van der Waals surface area contributed by atoms with Crippen molar-refractivity contribution >= 4 is 12.6 Å². The molecule has 21 fully saturated rings. The van der Waals surface area contributed by atoms with Crippen molar-refractivity contribution in [2.75, 3.05) is 58.5 Å². The van der Waals surface area contributed by atoms with Gasteiger partial charge in [0.05, 0.1) is 39.6 Å². The van der Waals surface area contributed by atoms with Crippen LogP contribution in [0.4, 0.5) is 0 Å². The van der Waals surface area contributed by atoms with Crippen LogP contribution in [0.3, 0.4) is 0 Å². The molecule has 0 aromatic carbocycles. The highest BCUT2D eigenvalue weighted by atomic mass is 32.1. The smallest absolute Gasteiger partial charge is 0.187 e. The van der Waals surface area contributed by atoms with E-state index in [0.717, 1.165) is 0 Å². The summed E-state index contributed by atoms with van der Waals surface area (Å²) in [7, 11) is 0. The van der Waals surface area contributed by atoms with Crippen LogP contribution >= 0.6 is 12.6 Å². The van der Waals surface area contributed by atoms with Gasteiger partial charge in [-0.2, -0.15) is 12.6 Å². The summed E-state index contributed by atoms with van der Waals surface area (Å²) in [5.74, 6) is 0.268. The molecule has 21 aliphatic rings. The maximum atomic E-state index is 11.6. The third kappa shape index (κ3) is 13.1. The Morgan fingerprint density at radius 1 is 0.237 bits per heavy atom. The van der Waals surface area contributed by atoms with Crippen molar-refractivity contribution < 1.29 is 168 Å². The van der Waals surface area contributed by atoms with Gasteiger partial charge in [-0.15, -0.1) is 0 Å². The van der Waals surface area contributed by atoms with Crippen molar-refractivity contribution in [1.29, 1.82) is 0 Å². The topological polar surface area (TPSA) is 546 Å². The van der Waals surface area contributed by atoms with E-state index in [1.165, 1.54) is 0 Å². The first-order valence-corrected chi connectivity index (χ1v) is 26.5. The Labute approximate surface area is 459 Å². The first-order valence-electron chi connectivity index (χ1n) is 25.8. The molecule has 466 valence electrons. The van der Waals surface area contributed by atoms with Crippen molar-refractivity contribution in [3.63, 3.8) is 0 Å². The number of aliphatic hydroxyl groups is 20. The molecule has 36 heteroatoms. The van der Waals surface area contributed by atoms with Crippen LogP contribution in [0.2, 0.25) is 0 Å². The number of aliphatic hydroxyl groups excluding tert-OH is 20. The van der Waals surface area contributed by atoms with Crippen LogP contribution < -0.4 is 5.32 Å². The Bertz CT molecular complexity index is 1880. The van der Waals surface area contributed by atoms with Gasteiger partial charge in [0.25, 0.3) is 0 Å². The van der Waals surface area contributed by atoms with Crippen LogP contribution in [0.15, 0.2) is 0 Å². The summed E-state index contributed by atoms with van der Waals surface area (Å²) in [4.78, 5) is 0. The maximum absolute atomic E-state index is 11.6. The third-order valence-corrected chi connectivity index (χ3v) is 15.5. The lowest BCUT2D eigenvalue weighted by molar-refractivity contribution is -0.396. The molecule has 21 saturated heterocycles. The molecule has 21 aliphatic heterocycles. The van der Waals surface area contributed by atoms with Crippen molar-refractivity contribution in [2.24, 2.45) is 0 Å². The molecule has 21 heterocycles. The van der Waals surface area contributed by atoms with Gasteiger partial charge in [-0.25, -0.2) is 0 Å². The van der Waals surface area contributed by atoms with E-state index in [2.05, 4.69) is 17.9 Å². The molecule has 0 aliphatic carbocycles. The average Bonchev–Trinajstić information content (AvgIpc) is 3.55. The highest BCUT2D eigenvalue weighted by Gasteiger charge is 2.59. The van der Waals surface area contributed by atoms with Crippen LogP contribution in [-0.4, -0.2) is 376 Å². The second-order valence-electron chi connectivity index (χ2n) is 20.4. The minimum Gasteiger partial charge on any atom is -0.394 e. The summed E-state index contributed by atoms with van der Waals surface area (Å²) < 4.78 is 80.8. The predicted molar refractivity (Wildman–Crippen MR) is 248 cm³/mol. The normalized spacial score (nSPS) is 53.7. The first kappa shape index (κ1) is 64.9. The monoisotopic (exact) mass is 1190 g/mol. The van der Waals surface area contributed by atoms with E-state index in [9.17, 15) is 102 Å². The van der Waals surface area contributed by atoms with Gasteiger partial charge in [-0.3, -0.25) is 0 Å². The van der Waals surface area contributed by atoms with Gasteiger partial charge in [0, 0.05) is 18.8 Å². The molecule has 21 N–H and O–H groups in total. The number of nitrogens with one attached hydrogen (secondary N) is 1. The van der Waals surface area contributed by atoms with Crippen molar-refractivity contribution in [3.8, 4) is 0 Å². The minimum atomic E-state index is -2.20. The molecule has 35 nitrogen and oxygen atoms in total. The van der Waals surface area contributed by atoms with Gasteiger partial charge in [-0.05, 0) is 0 Å². The number of hydrogen-bond acceptors (Lipinski definition) is 36. The van der Waals surface area contributed by atoms with E-state index in [4.69, 9.17) is 66.3 Å². The molecule has 80 heavy (non-hydrogen) atoms. The van der Waals surface area contributed by atoms with Gasteiger partial charge in [0.15, 0.2) is 44.0 Å². The molecule has 0 spiro atoms. The lowest BCUT2D eigenvalue weighted by Crippen LogP contribution is -2.68. The molecule has 0 radical (unpaired) electrons. The lowest BCUT2D eigenvalue weighted by atomic mass is 9.95. The Balaban J connectivity index is 1.09. The van der Waals surface area contributed by atoms with Gasteiger partial charge in [0.1, 0.15) is 171 Å². The minimum absolute atomic E-state index is 0.214. The Kier molecular flexibility index (Phi) is 22.9. The summed E-state index contributed by atoms with van der Waals surface area (Å²) in [5, 5.41) is 225. The van der Waals surface area contributed by atoms with Crippen molar-refractivity contribution in [3.05, 3.63) is 0 Å². The van der Waals surface area contributed by atoms with Crippen LogP contribution in [0.1, 0.15) is 0 Å². The van der Waals surface area contributed by atoms with E-state index in [0.29, 0.717) is 0 Å². The fourth-order valence-corrected chi connectivity index (χ4v) is 10.9. The first-order chi connectivity index (χ1) is 38.2. The quantitative estimate of drug-likeness (QED) is 0.0713. The van der Waals surface area contributed by atoms with E-state index < -0.39 is 255 Å². The molecule has 0 aromatic heterocycles. The highest BCUT2D eigenvalue weighted by Crippen LogP contribution is 2.39. The fraction of sp³-hybridized carbons (Fsp3) is 1.00. The molecule has 35 atom stereocenters. The number of hydrogen-bond donors (Lipinski definition) is 22. The summed E-state index contributed by atoms with van der Waals surface area (Å²) in [5.41, 5.74) is 0. The molecule has 0 saturated carbocycles. The van der Waals surface area contributed by atoms with Gasteiger partial charge >= 0.3 is 0 Å². The summed E-state index contributed by atoms with van der Waals surface area (Å²) >= 11 is 4.16. The van der Waals surface area contributed by atoms with Gasteiger partial charge in [-0.1, -0.05) is 0 Å². The largest absolute Gasteiger partial charge is 0.394 e. The second-order valence-corrected chi connectivity index (χ2v) is 20.8. The zero-order valence-electron chi connectivity index (χ0n) is 42.2. The van der Waals surface area contributed by atoms with Crippen LogP contribution in [0, 0.1) is 0 Å². The van der Waals surface area contributed by atoms with E-state index in [-0.39, 0.29) is 18.8 Å². The van der Waals surface area contributed by atoms with Gasteiger partial charge in [0.2, 0.25) is 0 Å². The third-order valence-electron chi connectivity index (χ3n) is 15.2. The zero-order valence-corrected chi connectivity index (χ0v) is 43.1. The Hall–Kier alpha value is -1.05. The van der Waals surface area contributed by atoms with E-state index in [1.54, 1.807) is 0 Å². The molecule has 0 aromatic rings. The maximum Gasteiger partial charge on any atom is 0.187 e. The Morgan fingerprint density at radius 3 is 0.562 bits per heavy atom. The highest BCUT2D eigenvalue weighted by molar-refractivity contribution is 7.80. The van der Waals surface area contributed by atoms with Crippen molar-refractivity contribution in [1.82, 2.24) is 5.32 Å². The van der Waals surface area contributed by atoms with Gasteiger partial charge < -0.3 is 174 Å². The summed E-state index contributed by atoms with van der Waals surface area (Å²) in [6.45, 7) is -6.21. The molecule has 0 amide bonds. The summed E-state index contributed by atoms with van der Waals surface area (Å²) in [6.07, 6.45) is -68.9. The molecule has 14 bridgehead atoms. The SMILES string of the molecule is OC[C@H]1O[C@@H]2O[C@H]3[C@H](O)[C@@H](O)[C@@H](O[C@H]4[C@H](O)[C@@H](O)[C@@H](O[C@H]5[C@H](O)[C@@H](O)[C@@H](O[C@H]6[C@H](O)[C@@H](O)[C@@H](O[C@H]7[C@H](O)[C@@H](O)[C@@H](O[C@H]8[C@H](O)[C@H](O)[C@@H](O[C@H]1[C@H](O)[C@@H]2O)O[C@@H]8CO)O[C@@H]7CNCCS)O[C@@H]6CO)O[C@@H]5CO)O[C@@H]4CO)O[C@@H]3CO. The average molecular weight is 1190 g/mol. The standard InChI is InChI=1S/C44H75NO34S/c46-4-11-32-19(54)26(61)40(68-11)76-34-13(6-48)70-42(28(63)21(34)56)78-36-15(8-50)72-44(30(65)23(36)58)79-37-16(9-51)71-43(29(64)22(37)57)77-35-14(7-49)69-41(27(62)20(35)55)75-33-12(5-47)67-39(25(60)18(33)53)73-31-10(3-45-1-2-80)66-38(74-32)24(59)17(31)52/h10-65,80H,1-9H2/t10-,11-,12-,13-,14-,15-,16-,17-,18-,19-,20-,21-,22-,23-,24-,25-,26+,27-,28+,29-,30-,31-,32-,33-,34-,35-,36-,37-,38-,39-,40-,41-,42-,43-,44-/m1/s1. The van der Waals surface area contributed by atoms with E-state index >= 15 is 0 Å². The Morgan fingerprint density at radius 2 is 0.400 bits per heavy atom. The lowest BCUT2D eigenvalue weighted by Gasteiger charge is -2.50. The summed E-state index contributed by atoms with van der Waals surface area (Å²) in [6, 6.07) is 0. The second kappa shape index (κ2) is 28.2. The fourth-order valence-electron chi connectivity index (χ4n) is 10.8. The number of rotatable bonds is 10. The zero-order chi connectivity index (χ0) is 58.2. The van der Waals surface area contributed by atoms with E-state index in [1.807, 2.05) is 0 Å². The van der Waals surface area contributed by atoms with Crippen molar-refractivity contribution in [2.45, 2.75) is 215 Å². The van der Waals surface area contributed by atoms with Crippen LogP contribution in [-0.2, 0) is 66.3 Å². The number of thiol groups is 1. The molecule has 0 unspecified atom stereocenters. The predicted octanol–water partition coefficient (Wildman–Crippen LogP) is -14.7.